The van der Waals surface area contributed by atoms with Crippen molar-refractivity contribution in [2.75, 3.05) is 0 Å². The van der Waals surface area contributed by atoms with Crippen LogP contribution in [0.15, 0.2) is 28.9 Å². The minimum atomic E-state index is -1.07. The first-order valence-electron chi connectivity index (χ1n) is 7.47. The zero-order valence-corrected chi connectivity index (χ0v) is 13.7. The number of carboxylic acid groups (broad SMARTS) is 1. The highest BCUT2D eigenvalue weighted by molar-refractivity contribution is 8.02. The van der Waals surface area contributed by atoms with Crippen LogP contribution in [-0.4, -0.2) is 38.0 Å². The third kappa shape index (κ3) is 2.59. The van der Waals surface area contributed by atoms with E-state index < -0.39 is 5.97 Å². The van der Waals surface area contributed by atoms with Crippen molar-refractivity contribution in [1.29, 1.82) is 0 Å². The number of carbonyl (C=O) groups is 2. The molecule has 1 fully saturated rings. The lowest BCUT2D eigenvalue weighted by Crippen LogP contribution is -2.60. The Morgan fingerprint density at radius 3 is 2.87 bits per heavy atom. The predicted molar refractivity (Wildman–Crippen MR) is 85.4 cm³/mol. The van der Waals surface area contributed by atoms with Crippen molar-refractivity contribution in [2.45, 2.75) is 32.1 Å². The first-order valence-corrected chi connectivity index (χ1v) is 8.45. The molecule has 0 bridgehead atoms. The molecule has 2 aliphatic rings. The molecule has 2 aliphatic heterocycles. The van der Waals surface area contributed by atoms with E-state index >= 15 is 0 Å². The normalized spacial score (nSPS) is 23.3. The van der Waals surface area contributed by atoms with Gasteiger partial charge in [-0.2, -0.15) is 0 Å². The van der Waals surface area contributed by atoms with E-state index in [2.05, 4.69) is 4.98 Å². The third-order valence-corrected chi connectivity index (χ3v) is 5.46. The van der Waals surface area contributed by atoms with Gasteiger partial charge in [-0.1, -0.05) is 13.8 Å². The number of carboxylic acids is 1. The lowest BCUT2D eigenvalue weighted by molar-refractivity contribution is -0.157. The molecule has 2 N–H and O–H groups in total. The fourth-order valence-electron chi connectivity index (χ4n) is 3.26. The van der Waals surface area contributed by atoms with Gasteiger partial charge in [0, 0.05) is 23.3 Å². The molecule has 122 valence electrons. The summed E-state index contributed by atoms with van der Waals surface area (Å²) >= 11 is 1.33. The van der Waals surface area contributed by atoms with Crippen LogP contribution in [0, 0.1) is 11.8 Å². The smallest absolute Gasteiger partial charge is 0.353 e. The Morgan fingerprint density at radius 2 is 2.26 bits per heavy atom. The topological polar surface area (TPSA) is 90.7 Å². The molecule has 6 nitrogen and oxygen atoms in total. The molecule has 0 radical (unpaired) electrons. The van der Waals surface area contributed by atoms with Gasteiger partial charge < -0.3 is 15.1 Å². The summed E-state index contributed by atoms with van der Waals surface area (Å²) in [5.41, 5.74) is 0.605. The first kappa shape index (κ1) is 15.9. The highest BCUT2D eigenvalue weighted by Gasteiger charge is 2.55. The summed E-state index contributed by atoms with van der Waals surface area (Å²) < 4.78 is 0. The highest BCUT2D eigenvalue weighted by atomic mass is 32.2. The van der Waals surface area contributed by atoms with E-state index in [1.54, 1.807) is 18.3 Å². The Kier molecular flexibility index (Phi) is 4.06. The summed E-state index contributed by atoms with van der Waals surface area (Å²) in [6.45, 7) is 3.97. The molecule has 0 aromatic carbocycles. The standard InChI is InChI=1S/C16H18N2O4S/c1-8(2)13-10-6-12(14(16(21)22)18(10)15(13)20)23-7-9-11(19)4-3-5-17-9/h3-5,8,10,13,19H,6-7H2,1-2H3,(H,21,22). The molecule has 23 heavy (non-hydrogen) atoms. The Balaban J connectivity index is 1.80. The number of hydrogen-bond acceptors (Lipinski definition) is 5. The molecular formula is C16H18N2O4S. The number of β-lactam (4-membered cyclic amide) rings is 1. The fraction of sp³-hybridized carbons (Fsp3) is 0.438. The Labute approximate surface area is 138 Å². The second-order valence-corrected chi connectivity index (χ2v) is 7.15. The van der Waals surface area contributed by atoms with E-state index in [0.717, 1.165) is 0 Å². The van der Waals surface area contributed by atoms with Crippen LogP contribution in [0.2, 0.25) is 0 Å². The maximum Gasteiger partial charge on any atom is 0.353 e. The number of aromatic hydroxyl groups is 1. The van der Waals surface area contributed by atoms with Gasteiger partial charge in [-0.25, -0.2) is 4.79 Å². The van der Waals surface area contributed by atoms with Crippen molar-refractivity contribution in [3.05, 3.63) is 34.6 Å². The van der Waals surface area contributed by atoms with Crippen LogP contribution in [0.4, 0.5) is 0 Å². The number of pyridine rings is 1. The van der Waals surface area contributed by atoms with E-state index in [1.807, 2.05) is 13.8 Å². The summed E-state index contributed by atoms with van der Waals surface area (Å²) in [5.74, 6) is -0.613. The van der Waals surface area contributed by atoms with Gasteiger partial charge in [0.05, 0.1) is 17.7 Å². The summed E-state index contributed by atoms with van der Waals surface area (Å²) in [5, 5.41) is 19.2. The molecule has 0 aliphatic carbocycles. The Morgan fingerprint density at radius 1 is 1.52 bits per heavy atom. The van der Waals surface area contributed by atoms with Crippen molar-refractivity contribution in [2.24, 2.45) is 11.8 Å². The van der Waals surface area contributed by atoms with Crippen molar-refractivity contribution in [1.82, 2.24) is 9.88 Å². The molecule has 1 saturated heterocycles. The number of aliphatic carboxylic acids is 1. The SMILES string of the molecule is CC(C)C1C(=O)N2C(C(=O)O)=C(SCc3ncccc3O)CC12. The molecule has 0 spiro atoms. The summed E-state index contributed by atoms with van der Waals surface area (Å²) in [7, 11) is 0. The quantitative estimate of drug-likeness (QED) is 0.802. The van der Waals surface area contributed by atoms with Gasteiger partial charge in [-0.15, -0.1) is 11.8 Å². The Bertz CT molecular complexity index is 701. The van der Waals surface area contributed by atoms with Gasteiger partial charge in [0.25, 0.3) is 0 Å². The summed E-state index contributed by atoms with van der Waals surface area (Å²) in [4.78, 5) is 30.0. The second kappa shape index (κ2) is 5.88. The van der Waals surface area contributed by atoms with Crippen LogP contribution in [-0.2, 0) is 15.3 Å². The maximum atomic E-state index is 12.2. The third-order valence-electron chi connectivity index (χ3n) is 4.34. The summed E-state index contributed by atoms with van der Waals surface area (Å²) in [6, 6.07) is 3.14. The molecular weight excluding hydrogens is 316 g/mol. The molecule has 1 aromatic rings. The molecule has 2 unspecified atom stereocenters. The van der Waals surface area contributed by atoms with Crippen molar-refractivity contribution in [3.63, 3.8) is 0 Å². The number of aromatic nitrogens is 1. The molecule has 1 aromatic heterocycles. The number of amides is 1. The van der Waals surface area contributed by atoms with Gasteiger partial charge in [0.15, 0.2) is 0 Å². The van der Waals surface area contributed by atoms with Gasteiger partial charge in [0.2, 0.25) is 5.91 Å². The van der Waals surface area contributed by atoms with E-state index in [-0.39, 0.29) is 35.2 Å². The molecule has 2 atom stereocenters. The molecule has 1 amide bonds. The van der Waals surface area contributed by atoms with E-state index in [9.17, 15) is 19.8 Å². The molecule has 7 heteroatoms. The number of hydrogen-bond donors (Lipinski definition) is 2. The first-order chi connectivity index (χ1) is 10.9. The van der Waals surface area contributed by atoms with Gasteiger partial charge in [-0.3, -0.25) is 9.78 Å². The van der Waals surface area contributed by atoms with Crippen LogP contribution >= 0.6 is 11.8 Å². The van der Waals surface area contributed by atoms with Gasteiger partial charge in [0.1, 0.15) is 11.4 Å². The highest BCUT2D eigenvalue weighted by Crippen LogP contribution is 2.48. The number of carbonyl (C=O) groups excluding carboxylic acids is 1. The van der Waals surface area contributed by atoms with E-state index in [4.69, 9.17) is 0 Å². The number of nitrogens with zero attached hydrogens (tertiary/aromatic N) is 2. The van der Waals surface area contributed by atoms with Crippen LogP contribution in [0.1, 0.15) is 26.0 Å². The fourth-order valence-corrected chi connectivity index (χ4v) is 4.40. The molecule has 3 rings (SSSR count). The van der Waals surface area contributed by atoms with Crippen LogP contribution in [0.25, 0.3) is 0 Å². The Hall–Kier alpha value is -2.02. The monoisotopic (exact) mass is 334 g/mol. The number of rotatable bonds is 5. The van der Waals surface area contributed by atoms with E-state index in [1.165, 1.54) is 16.7 Å². The zero-order chi connectivity index (χ0) is 16.7. The minimum absolute atomic E-state index is 0.0478. The number of thioether (sulfide) groups is 1. The number of fused-ring (bicyclic) bond motifs is 1. The van der Waals surface area contributed by atoms with Crippen molar-refractivity contribution in [3.8, 4) is 5.75 Å². The van der Waals surface area contributed by atoms with Crippen LogP contribution < -0.4 is 0 Å². The molecule has 0 saturated carbocycles. The van der Waals surface area contributed by atoms with Gasteiger partial charge >= 0.3 is 5.97 Å². The predicted octanol–water partition coefficient (Wildman–Crippen LogP) is 2.20. The average Bonchev–Trinajstić information content (AvgIpc) is 2.80. The van der Waals surface area contributed by atoms with Gasteiger partial charge in [-0.05, 0) is 18.1 Å². The largest absolute Gasteiger partial charge is 0.506 e. The average molecular weight is 334 g/mol. The van der Waals surface area contributed by atoms with Crippen molar-refractivity contribution >= 4 is 23.6 Å². The lowest BCUT2D eigenvalue weighted by Gasteiger charge is -2.45. The lowest BCUT2D eigenvalue weighted by atomic mass is 9.79. The van der Waals surface area contributed by atoms with Crippen LogP contribution in [0.3, 0.4) is 0 Å². The second-order valence-electron chi connectivity index (χ2n) is 6.08. The minimum Gasteiger partial charge on any atom is -0.506 e. The van der Waals surface area contributed by atoms with Crippen LogP contribution in [0.5, 0.6) is 5.75 Å². The summed E-state index contributed by atoms with van der Waals surface area (Å²) in [6.07, 6.45) is 2.15. The van der Waals surface area contributed by atoms with Crippen molar-refractivity contribution < 1.29 is 19.8 Å². The maximum absolute atomic E-state index is 12.2. The molecule has 3 heterocycles. The van der Waals surface area contributed by atoms with E-state index in [0.29, 0.717) is 22.8 Å². The zero-order valence-electron chi connectivity index (χ0n) is 12.9.